The molecule has 24 heavy (non-hydrogen) atoms. The number of hydrogen-bond donors (Lipinski definition) is 2. The van der Waals surface area contributed by atoms with Gasteiger partial charge < -0.3 is 10.4 Å². The molecule has 0 fully saturated rings. The maximum Gasteiger partial charge on any atom is 0.254 e. The summed E-state index contributed by atoms with van der Waals surface area (Å²) in [6.07, 6.45) is -1.19. The normalized spacial score (nSPS) is 11.9. The summed E-state index contributed by atoms with van der Waals surface area (Å²) in [5.41, 5.74) is 2.52. The lowest BCUT2D eigenvalue weighted by Crippen LogP contribution is -2.33. The van der Waals surface area contributed by atoms with Crippen molar-refractivity contribution in [3.05, 3.63) is 108 Å². The van der Waals surface area contributed by atoms with Crippen LogP contribution >= 0.6 is 0 Å². The summed E-state index contributed by atoms with van der Waals surface area (Å²) in [5, 5.41) is 13.3. The molecule has 0 spiro atoms. The first-order valence-electron chi connectivity index (χ1n) is 7.89. The van der Waals surface area contributed by atoms with Crippen LogP contribution in [0.15, 0.2) is 91.0 Å². The minimum absolute atomic E-state index is 0.307. The summed E-state index contributed by atoms with van der Waals surface area (Å²) >= 11 is 0. The van der Waals surface area contributed by atoms with Crippen molar-refractivity contribution in [3.63, 3.8) is 0 Å². The van der Waals surface area contributed by atoms with Gasteiger partial charge >= 0.3 is 0 Å². The highest BCUT2D eigenvalue weighted by Gasteiger charge is 2.22. The molecular formula is C21H19NO2. The fourth-order valence-electron chi connectivity index (χ4n) is 2.66. The molecule has 120 valence electrons. The molecule has 3 heteroatoms. The Morgan fingerprint density at radius 2 is 1.04 bits per heavy atom. The van der Waals surface area contributed by atoms with Gasteiger partial charge in [0.15, 0.2) is 6.10 Å². The third-order valence-corrected chi connectivity index (χ3v) is 3.92. The standard InChI is InChI=1S/C21H19NO2/c23-20(18-14-8-3-9-15-18)21(24)22-19(16-10-4-1-5-11-16)17-12-6-2-7-13-17/h1-15,19-20,23H,(H,22,24). The molecule has 1 atom stereocenters. The number of rotatable bonds is 5. The molecule has 0 bridgehead atoms. The highest BCUT2D eigenvalue weighted by atomic mass is 16.3. The maximum absolute atomic E-state index is 12.5. The lowest BCUT2D eigenvalue weighted by Gasteiger charge is -2.22. The van der Waals surface area contributed by atoms with Crippen molar-refractivity contribution in [2.75, 3.05) is 0 Å². The van der Waals surface area contributed by atoms with Crippen molar-refractivity contribution in [1.82, 2.24) is 5.32 Å². The monoisotopic (exact) mass is 317 g/mol. The molecule has 1 unspecified atom stereocenters. The Bertz CT molecular complexity index is 733. The minimum Gasteiger partial charge on any atom is -0.378 e. The third kappa shape index (κ3) is 3.70. The van der Waals surface area contributed by atoms with Crippen LogP contribution in [0.4, 0.5) is 0 Å². The number of amides is 1. The second kappa shape index (κ2) is 7.57. The van der Waals surface area contributed by atoms with E-state index in [0.29, 0.717) is 5.56 Å². The molecule has 2 N–H and O–H groups in total. The number of carbonyl (C=O) groups is 1. The number of nitrogens with one attached hydrogen (secondary N) is 1. The van der Waals surface area contributed by atoms with Crippen LogP contribution in [-0.4, -0.2) is 11.0 Å². The van der Waals surface area contributed by atoms with E-state index in [0.717, 1.165) is 11.1 Å². The summed E-state index contributed by atoms with van der Waals surface area (Å²) < 4.78 is 0. The summed E-state index contributed by atoms with van der Waals surface area (Å²) in [6.45, 7) is 0. The van der Waals surface area contributed by atoms with Crippen LogP contribution < -0.4 is 5.32 Å². The van der Waals surface area contributed by atoms with Crippen molar-refractivity contribution >= 4 is 5.91 Å². The van der Waals surface area contributed by atoms with Crippen LogP contribution in [0.2, 0.25) is 0 Å². The smallest absolute Gasteiger partial charge is 0.254 e. The Kier molecular flexibility index (Phi) is 5.04. The largest absolute Gasteiger partial charge is 0.378 e. The first-order valence-corrected chi connectivity index (χ1v) is 7.89. The molecule has 0 saturated carbocycles. The molecule has 0 aliphatic heterocycles. The Labute approximate surface area is 141 Å². The van der Waals surface area contributed by atoms with Crippen LogP contribution in [-0.2, 0) is 4.79 Å². The topological polar surface area (TPSA) is 49.3 Å². The van der Waals surface area contributed by atoms with E-state index in [-0.39, 0.29) is 6.04 Å². The lowest BCUT2D eigenvalue weighted by atomic mass is 9.98. The van der Waals surface area contributed by atoms with Crippen LogP contribution in [0.25, 0.3) is 0 Å². The van der Waals surface area contributed by atoms with Gasteiger partial charge in [-0.2, -0.15) is 0 Å². The Morgan fingerprint density at radius 3 is 1.46 bits per heavy atom. The van der Waals surface area contributed by atoms with E-state index in [9.17, 15) is 9.90 Å². The first kappa shape index (κ1) is 16.0. The molecule has 0 aliphatic carbocycles. The minimum atomic E-state index is -1.19. The molecular weight excluding hydrogens is 298 g/mol. The molecule has 3 nitrogen and oxygen atoms in total. The average molecular weight is 317 g/mol. The lowest BCUT2D eigenvalue weighted by molar-refractivity contribution is -0.130. The molecule has 3 rings (SSSR count). The molecule has 0 aromatic heterocycles. The third-order valence-electron chi connectivity index (χ3n) is 3.92. The van der Waals surface area contributed by atoms with Crippen LogP contribution in [0.5, 0.6) is 0 Å². The Balaban J connectivity index is 1.86. The van der Waals surface area contributed by atoms with E-state index in [1.807, 2.05) is 66.7 Å². The number of aliphatic hydroxyl groups excluding tert-OH is 1. The maximum atomic E-state index is 12.5. The molecule has 0 heterocycles. The van der Waals surface area contributed by atoms with Gasteiger partial charge in [-0.1, -0.05) is 91.0 Å². The van der Waals surface area contributed by atoms with Gasteiger partial charge in [-0.15, -0.1) is 0 Å². The van der Waals surface area contributed by atoms with Gasteiger partial charge in [0.1, 0.15) is 0 Å². The Morgan fingerprint density at radius 1 is 0.667 bits per heavy atom. The second-order valence-corrected chi connectivity index (χ2v) is 5.58. The van der Waals surface area contributed by atoms with Crippen molar-refractivity contribution in [2.45, 2.75) is 12.1 Å². The van der Waals surface area contributed by atoms with E-state index in [4.69, 9.17) is 0 Å². The fourth-order valence-corrected chi connectivity index (χ4v) is 2.66. The van der Waals surface area contributed by atoms with E-state index in [2.05, 4.69) is 5.32 Å². The molecule has 1 amide bonds. The van der Waals surface area contributed by atoms with Crippen molar-refractivity contribution in [3.8, 4) is 0 Å². The Hall–Kier alpha value is -2.91. The number of benzene rings is 3. The fraction of sp³-hybridized carbons (Fsp3) is 0.0952. The van der Waals surface area contributed by atoms with Gasteiger partial charge in [-0.25, -0.2) is 0 Å². The van der Waals surface area contributed by atoms with Gasteiger partial charge in [0.25, 0.3) is 5.91 Å². The molecule has 0 aliphatic rings. The molecule has 3 aromatic rings. The highest BCUT2D eigenvalue weighted by molar-refractivity contribution is 5.82. The molecule has 0 radical (unpaired) electrons. The predicted molar refractivity (Wildman–Crippen MR) is 94.3 cm³/mol. The van der Waals surface area contributed by atoms with Crippen molar-refractivity contribution < 1.29 is 9.90 Å². The van der Waals surface area contributed by atoms with Gasteiger partial charge in [-0.05, 0) is 16.7 Å². The summed E-state index contributed by atoms with van der Waals surface area (Å²) in [7, 11) is 0. The number of hydrogen-bond acceptors (Lipinski definition) is 2. The van der Waals surface area contributed by atoms with Crippen LogP contribution in [0, 0.1) is 0 Å². The van der Waals surface area contributed by atoms with E-state index in [1.165, 1.54) is 0 Å². The quantitative estimate of drug-likeness (QED) is 0.755. The van der Waals surface area contributed by atoms with Crippen LogP contribution in [0.3, 0.4) is 0 Å². The second-order valence-electron chi connectivity index (χ2n) is 5.58. The number of carbonyl (C=O) groups excluding carboxylic acids is 1. The van der Waals surface area contributed by atoms with Gasteiger partial charge in [0, 0.05) is 0 Å². The van der Waals surface area contributed by atoms with Gasteiger partial charge in [-0.3, -0.25) is 4.79 Å². The zero-order chi connectivity index (χ0) is 16.8. The summed E-state index contributed by atoms with van der Waals surface area (Å²) in [4.78, 5) is 12.5. The first-order chi connectivity index (χ1) is 11.8. The van der Waals surface area contributed by atoms with Crippen molar-refractivity contribution in [2.24, 2.45) is 0 Å². The van der Waals surface area contributed by atoms with Gasteiger partial charge in [0.05, 0.1) is 6.04 Å². The van der Waals surface area contributed by atoms with Crippen LogP contribution in [0.1, 0.15) is 28.8 Å². The zero-order valence-corrected chi connectivity index (χ0v) is 13.2. The molecule has 0 saturated heterocycles. The average Bonchev–Trinajstić information content (AvgIpc) is 2.67. The van der Waals surface area contributed by atoms with E-state index in [1.54, 1.807) is 24.3 Å². The zero-order valence-electron chi connectivity index (χ0n) is 13.2. The summed E-state index contributed by atoms with van der Waals surface area (Å²) in [5.74, 6) is -0.418. The van der Waals surface area contributed by atoms with Gasteiger partial charge in [0.2, 0.25) is 0 Å². The SMILES string of the molecule is O=C(NC(c1ccccc1)c1ccccc1)C(O)c1ccccc1. The van der Waals surface area contributed by atoms with Crippen molar-refractivity contribution in [1.29, 1.82) is 0 Å². The predicted octanol–water partition coefficient (Wildman–Crippen LogP) is 3.63. The molecule has 3 aromatic carbocycles. The highest BCUT2D eigenvalue weighted by Crippen LogP contribution is 2.23. The number of aliphatic hydroxyl groups is 1. The van der Waals surface area contributed by atoms with E-state index >= 15 is 0 Å². The van der Waals surface area contributed by atoms with E-state index < -0.39 is 12.0 Å². The summed E-state index contributed by atoms with van der Waals surface area (Å²) in [6, 6.07) is 28.1.